The number of aromatic nitrogens is 3. The Morgan fingerprint density at radius 2 is 2.50 bits per heavy atom. The third-order valence-electron chi connectivity index (χ3n) is 1.27. The maximum absolute atomic E-state index is 11.0. The molecule has 1 amide bonds. The molecule has 6 nitrogen and oxygen atoms in total. The van der Waals surface area contributed by atoms with Gasteiger partial charge in [0, 0.05) is 7.11 Å². The summed E-state index contributed by atoms with van der Waals surface area (Å²) in [4.78, 5) is 15.1. The number of H-pyrrole nitrogens is 1. The van der Waals surface area contributed by atoms with Gasteiger partial charge in [-0.3, -0.25) is 10.1 Å². The maximum atomic E-state index is 11.0. The van der Waals surface area contributed by atoms with Crippen molar-refractivity contribution in [3.63, 3.8) is 0 Å². The summed E-state index contributed by atoms with van der Waals surface area (Å²) in [6.07, 6.45) is 0. The Hall–Kier alpha value is -1.08. The van der Waals surface area contributed by atoms with Gasteiger partial charge in [0.25, 0.3) is 5.91 Å². The quantitative estimate of drug-likeness (QED) is 0.701. The maximum Gasteiger partial charge on any atom is 0.252 e. The van der Waals surface area contributed by atoms with E-state index in [0.717, 1.165) is 5.75 Å². The number of methoxy groups -OCH3 is 1. The summed E-state index contributed by atoms with van der Waals surface area (Å²) in [6, 6.07) is 0. The molecular formula is C7H12N4O2S. The van der Waals surface area contributed by atoms with Crippen LogP contribution in [0.5, 0.6) is 0 Å². The number of nitrogens with one attached hydrogen (secondary N) is 2. The first-order chi connectivity index (χ1) is 6.76. The molecule has 0 fully saturated rings. The van der Waals surface area contributed by atoms with E-state index in [2.05, 4.69) is 25.2 Å². The summed E-state index contributed by atoms with van der Waals surface area (Å²) in [5.74, 6) is 0.989. The lowest BCUT2D eigenvalue weighted by atomic mass is 10.6. The number of nitrogens with zero attached hydrogens (tertiary/aromatic N) is 2. The van der Waals surface area contributed by atoms with E-state index in [1.807, 2.05) is 6.92 Å². The molecule has 7 heteroatoms. The van der Waals surface area contributed by atoms with Crippen molar-refractivity contribution in [2.45, 2.75) is 12.1 Å². The first kappa shape index (κ1) is 11.0. The predicted molar refractivity (Wildman–Crippen MR) is 53.3 cm³/mol. The number of amides is 1. The molecule has 1 aromatic heterocycles. The van der Waals surface area contributed by atoms with Gasteiger partial charge in [-0.05, 0) is 5.75 Å². The zero-order valence-corrected chi connectivity index (χ0v) is 8.85. The van der Waals surface area contributed by atoms with Gasteiger partial charge in [-0.15, -0.1) is 5.10 Å². The van der Waals surface area contributed by atoms with Gasteiger partial charge in [-0.1, -0.05) is 18.7 Å². The van der Waals surface area contributed by atoms with Crippen LogP contribution in [0.3, 0.4) is 0 Å². The number of thioether (sulfide) groups is 1. The molecule has 0 aliphatic heterocycles. The van der Waals surface area contributed by atoms with Crippen molar-refractivity contribution in [3.05, 3.63) is 0 Å². The van der Waals surface area contributed by atoms with E-state index in [9.17, 15) is 4.79 Å². The standard InChI is InChI=1S/C7H12N4O2S/c1-3-14-7-9-6(10-11-7)8-5(12)4-13-2/h3-4H2,1-2H3,(H2,8,9,10,11,12). The Kier molecular flexibility index (Phi) is 4.41. The van der Waals surface area contributed by atoms with Gasteiger partial charge in [0.1, 0.15) is 6.61 Å². The largest absolute Gasteiger partial charge is 0.375 e. The lowest BCUT2D eigenvalue weighted by Crippen LogP contribution is -2.17. The van der Waals surface area contributed by atoms with Crippen molar-refractivity contribution in [1.82, 2.24) is 15.2 Å². The Labute approximate surface area is 85.8 Å². The van der Waals surface area contributed by atoms with Crippen molar-refractivity contribution >= 4 is 23.6 Å². The summed E-state index contributed by atoms with van der Waals surface area (Å²) in [7, 11) is 1.46. The molecule has 14 heavy (non-hydrogen) atoms. The lowest BCUT2D eigenvalue weighted by molar-refractivity contribution is -0.119. The molecule has 0 bridgehead atoms. The van der Waals surface area contributed by atoms with Gasteiger partial charge in [0.05, 0.1) is 0 Å². The molecule has 0 saturated carbocycles. The van der Waals surface area contributed by atoms with Crippen LogP contribution in [0, 0.1) is 0 Å². The summed E-state index contributed by atoms with van der Waals surface area (Å²) in [5.41, 5.74) is 0. The molecule has 0 aliphatic carbocycles. The molecule has 0 saturated heterocycles. The fourth-order valence-corrected chi connectivity index (χ4v) is 1.32. The third-order valence-corrected chi connectivity index (χ3v) is 2.00. The van der Waals surface area contributed by atoms with E-state index in [1.54, 1.807) is 0 Å². The van der Waals surface area contributed by atoms with Crippen LogP contribution < -0.4 is 5.32 Å². The van der Waals surface area contributed by atoms with Crippen LogP contribution in [0.1, 0.15) is 6.92 Å². The van der Waals surface area contributed by atoms with Crippen LogP contribution in [0.4, 0.5) is 5.95 Å². The molecule has 1 heterocycles. The summed E-state index contributed by atoms with van der Waals surface area (Å²) in [6.45, 7) is 2.02. The highest BCUT2D eigenvalue weighted by molar-refractivity contribution is 7.99. The highest BCUT2D eigenvalue weighted by atomic mass is 32.2. The smallest absolute Gasteiger partial charge is 0.252 e. The molecule has 0 aromatic carbocycles. The Bertz CT molecular complexity index is 302. The van der Waals surface area contributed by atoms with Crippen molar-refractivity contribution in [1.29, 1.82) is 0 Å². The monoisotopic (exact) mass is 216 g/mol. The minimum Gasteiger partial charge on any atom is -0.375 e. The average molecular weight is 216 g/mol. The van der Waals surface area contributed by atoms with Crippen LogP contribution in [-0.4, -0.2) is 40.6 Å². The predicted octanol–water partition coefficient (Wildman–Crippen LogP) is 0.502. The second-order valence-corrected chi connectivity index (χ2v) is 3.61. The van der Waals surface area contributed by atoms with Crippen LogP contribution in [0.15, 0.2) is 5.16 Å². The summed E-state index contributed by atoms with van der Waals surface area (Å²) < 4.78 is 4.65. The summed E-state index contributed by atoms with van der Waals surface area (Å²) in [5, 5.41) is 9.64. The first-order valence-corrected chi connectivity index (χ1v) is 5.08. The third kappa shape index (κ3) is 3.35. The van der Waals surface area contributed by atoms with Gasteiger partial charge >= 0.3 is 0 Å². The fourth-order valence-electron chi connectivity index (χ4n) is 0.795. The van der Waals surface area contributed by atoms with E-state index >= 15 is 0 Å². The molecule has 1 aromatic rings. The van der Waals surface area contributed by atoms with Gasteiger partial charge < -0.3 is 4.74 Å². The Morgan fingerprint density at radius 1 is 1.71 bits per heavy atom. The number of carbonyl (C=O) groups is 1. The second-order valence-electron chi connectivity index (χ2n) is 2.38. The first-order valence-electron chi connectivity index (χ1n) is 4.10. The number of hydrogen-bond acceptors (Lipinski definition) is 5. The zero-order valence-electron chi connectivity index (χ0n) is 8.03. The van der Waals surface area contributed by atoms with E-state index < -0.39 is 0 Å². The minimum absolute atomic E-state index is 0.0109. The number of carbonyl (C=O) groups excluding carboxylic acids is 1. The highest BCUT2D eigenvalue weighted by Crippen LogP contribution is 2.12. The average Bonchev–Trinajstić information content (AvgIpc) is 2.53. The molecule has 2 N–H and O–H groups in total. The van der Waals surface area contributed by atoms with Gasteiger partial charge in [0.2, 0.25) is 11.1 Å². The number of anilines is 1. The molecular weight excluding hydrogens is 204 g/mol. The van der Waals surface area contributed by atoms with E-state index in [-0.39, 0.29) is 12.5 Å². The van der Waals surface area contributed by atoms with Crippen molar-refractivity contribution in [3.8, 4) is 0 Å². The molecule has 0 atom stereocenters. The zero-order chi connectivity index (χ0) is 10.4. The Morgan fingerprint density at radius 3 is 3.14 bits per heavy atom. The SMILES string of the molecule is CCSc1n[nH]c(NC(=O)COC)n1. The normalized spacial score (nSPS) is 10.1. The van der Waals surface area contributed by atoms with Gasteiger partial charge in [-0.2, -0.15) is 4.98 Å². The number of aromatic amines is 1. The van der Waals surface area contributed by atoms with Crippen LogP contribution >= 0.6 is 11.8 Å². The molecule has 0 unspecified atom stereocenters. The number of hydrogen-bond donors (Lipinski definition) is 2. The minimum atomic E-state index is -0.253. The molecule has 0 spiro atoms. The number of ether oxygens (including phenoxy) is 1. The van der Waals surface area contributed by atoms with Gasteiger partial charge in [-0.25, -0.2) is 5.10 Å². The molecule has 0 radical (unpaired) electrons. The molecule has 78 valence electrons. The topological polar surface area (TPSA) is 79.9 Å². The van der Waals surface area contributed by atoms with Crippen molar-refractivity contribution in [2.24, 2.45) is 0 Å². The molecule has 0 aliphatic rings. The van der Waals surface area contributed by atoms with E-state index in [1.165, 1.54) is 18.9 Å². The van der Waals surface area contributed by atoms with Crippen LogP contribution in [0.25, 0.3) is 0 Å². The van der Waals surface area contributed by atoms with Crippen molar-refractivity contribution in [2.75, 3.05) is 24.8 Å². The van der Waals surface area contributed by atoms with E-state index in [0.29, 0.717) is 11.1 Å². The fraction of sp³-hybridized carbons (Fsp3) is 0.571. The van der Waals surface area contributed by atoms with E-state index in [4.69, 9.17) is 0 Å². The van der Waals surface area contributed by atoms with Gasteiger partial charge in [0.15, 0.2) is 0 Å². The van der Waals surface area contributed by atoms with Crippen LogP contribution in [0.2, 0.25) is 0 Å². The number of rotatable bonds is 5. The Balaban J connectivity index is 2.46. The van der Waals surface area contributed by atoms with Crippen molar-refractivity contribution < 1.29 is 9.53 Å². The summed E-state index contributed by atoms with van der Waals surface area (Å²) >= 11 is 1.50. The van der Waals surface area contributed by atoms with Crippen LogP contribution in [-0.2, 0) is 9.53 Å². The lowest BCUT2D eigenvalue weighted by Gasteiger charge is -1.97. The second kappa shape index (κ2) is 5.61. The molecule has 1 rings (SSSR count). The highest BCUT2D eigenvalue weighted by Gasteiger charge is 2.06.